The number of carbonyl (C=O) groups excluding carboxylic acids is 1. The summed E-state index contributed by atoms with van der Waals surface area (Å²) in [6, 6.07) is 3.50. The highest BCUT2D eigenvalue weighted by Crippen LogP contribution is 2.51. The van der Waals surface area contributed by atoms with Gasteiger partial charge in [0.25, 0.3) is 5.91 Å². The number of rotatable bonds is 5. The lowest BCUT2D eigenvalue weighted by atomic mass is 9.54. The van der Waals surface area contributed by atoms with Crippen LogP contribution in [0.2, 0.25) is 5.02 Å². The predicted molar refractivity (Wildman–Crippen MR) is 83.1 cm³/mol. The van der Waals surface area contributed by atoms with Crippen LogP contribution in [0.3, 0.4) is 0 Å². The Labute approximate surface area is 138 Å². The van der Waals surface area contributed by atoms with Crippen LogP contribution >= 0.6 is 11.6 Å². The Morgan fingerprint density at radius 1 is 1.48 bits per heavy atom. The molecule has 2 atom stereocenters. The van der Waals surface area contributed by atoms with Crippen LogP contribution in [-0.4, -0.2) is 35.2 Å². The van der Waals surface area contributed by atoms with Crippen molar-refractivity contribution in [2.24, 2.45) is 5.41 Å². The summed E-state index contributed by atoms with van der Waals surface area (Å²) < 4.78 is 18.7. The topological polar surface area (TPSA) is 75.6 Å². The number of carboxylic acids is 1. The molecular weight excluding hydrogens is 325 g/mol. The van der Waals surface area contributed by atoms with Crippen LogP contribution in [0.5, 0.6) is 0 Å². The van der Waals surface area contributed by atoms with Crippen molar-refractivity contribution in [2.45, 2.75) is 38.8 Å². The van der Waals surface area contributed by atoms with E-state index < -0.39 is 28.6 Å². The fourth-order valence-corrected chi connectivity index (χ4v) is 3.12. The van der Waals surface area contributed by atoms with Crippen LogP contribution in [0.25, 0.3) is 0 Å². The average molecular weight is 344 g/mol. The van der Waals surface area contributed by atoms with Gasteiger partial charge in [-0.3, -0.25) is 4.79 Å². The minimum absolute atomic E-state index is 0.104. The van der Waals surface area contributed by atoms with Gasteiger partial charge in [0.05, 0.1) is 11.1 Å². The summed E-state index contributed by atoms with van der Waals surface area (Å²) in [7, 11) is 0. The van der Waals surface area contributed by atoms with Crippen molar-refractivity contribution >= 4 is 23.5 Å². The summed E-state index contributed by atoms with van der Waals surface area (Å²) in [6.45, 7) is 5.77. The summed E-state index contributed by atoms with van der Waals surface area (Å²) in [5.41, 5.74) is -2.12. The normalized spacial score (nSPS) is 25.5. The van der Waals surface area contributed by atoms with Gasteiger partial charge in [-0.2, -0.15) is 0 Å². The number of aliphatic carboxylic acids is 1. The lowest BCUT2D eigenvalue weighted by molar-refractivity contribution is -0.190. The van der Waals surface area contributed by atoms with E-state index in [1.54, 1.807) is 13.8 Å². The lowest BCUT2D eigenvalue weighted by Gasteiger charge is -2.58. The van der Waals surface area contributed by atoms with Gasteiger partial charge in [0, 0.05) is 24.0 Å². The van der Waals surface area contributed by atoms with Crippen LogP contribution in [0, 0.1) is 11.2 Å². The molecule has 1 aliphatic carbocycles. The molecule has 2 N–H and O–H groups in total. The fraction of sp³-hybridized carbons (Fsp3) is 0.500. The first-order chi connectivity index (χ1) is 10.7. The third-order valence-electron chi connectivity index (χ3n) is 4.64. The maximum atomic E-state index is 13.2. The molecule has 1 saturated carbocycles. The molecular formula is C16H19ClFNO4. The van der Waals surface area contributed by atoms with Crippen molar-refractivity contribution in [3.8, 4) is 0 Å². The number of nitrogens with one attached hydrogen (secondary N) is 1. The molecule has 1 amide bonds. The number of carbonyl (C=O) groups is 2. The Kier molecular flexibility index (Phi) is 4.69. The molecule has 1 fully saturated rings. The molecule has 5 nitrogen and oxygen atoms in total. The highest BCUT2D eigenvalue weighted by atomic mass is 35.5. The molecule has 1 aliphatic rings. The van der Waals surface area contributed by atoms with Gasteiger partial charge >= 0.3 is 5.97 Å². The van der Waals surface area contributed by atoms with Crippen molar-refractivity contribution in [1.82, 2.24) is 5.32 Å². The molecule has 2 rings (SSSR count). The Bertz CT molecular complexity index is 649. The minimum Gasteiger partial charge on any atom is -0.479 e. The molecule has 0 aliphatic heterocycles. The second kappa shape index (κ2) is 6.09. The largest absolute Gasteiger partial charge is 0.479 e. The lowest BCUT2D eigenvalue weighted by Crippen LogP contribution is -2.76. The highest BCUT2D eigenvalue weighted by molar-refractivity contribution is 6.31. The van der Waals surface area contributed by atoms with Gasteiger partial charge in [-0.15, -0.1) is 0 Å². The smallest absolute Gasteiger partial charge is 0.330 e. The van der Waals surface area contributed by atoms with E-state index in [9.17, 15) is 19.1 Å². The zero-order valence-corrected chi connectivity index (χ0v) is 13.9. The van der Waals surface area contributed by atoms with Crippen LogP contribution < -0.4 is 5.32 Å². The van der Waals surface area contributed by atoms with E-state index in [1.165, 1.54) is 12.1 Å². The first kappa shape index (κ1) is 17.7. The van der Waals surface area contributed by atoms with Gasteiger partial charge in [0.2, 0.25) is 0 Å². The number of hydrogen-bond donors (Lipinski definition) is 2. The Hall–Kier alpha value is -1.66. The van der Waals surface area contributed by atoms with E-state index in [4.69, 9.17) is 16.3 Å². The minimum atomic E-state index is -1.44. The standard InChI is InChI=1S/C16H19ClFNO4/c1-4-23-12-8-16(14(21)22,15(12,2)3)19-13(20)9-5-6-11(18)10(17)7-9/h5-7,12H,4,8H2,1-3H3,(H,19,20)(H,21,22)/t12-,16-/m0/s1. The van der Waals surface area contributed by atoms with Crippen molar-refractivity contribution in [1.29, 1.82) is 0 Å². The summed E-state index contributed by atoms with van der Waals surface area (Å²) in [5.74, 6) is -2.38. The van der Waals surface area contributed by atoms with Crippen molar-refractivity contribution < 1.29 is 23.8 Å². The van der Waals surface area contributed by atoms with E-state index in [0.717, 1.165) is 6.07 Å². The SMILES string of the molecule is CCO[C@H]1C[C@](NC(=O)c2ccc(F)c(Cl)c2)(C(=O)O)C1(C)C. The Morgan fingerprint density at radius 3 is 2.61 bits per heavy atom. The Morgan fingerprint density at radius 2 is 2.13 bits per heavy atom. The molecule has 0 aromatic heterocycles. The number of carboxylic acid groups (broad SMARTS) is 1. The second-order valence-corrected chi connectivity index (χ2v) is 6.57. The molecule has 0 unspecified atom stereocenters. The molecule has 23 heavy (non-hydrogen) atoms. The van der Waals surface area contributed by atoms with Crippen LogP contribution in [0.4, 0.5) is 4.39 Å². The van der Waals surface area contributed by atoms with Crippen molar-refractivity contribution in [2.75, 3.05) is 6.61 Å². The summed E-state index contributed by atoms with van der Waals surface area (Å²) in [6.07, 6.45) is -0.0928. The summed E-state index contributed by atoms with van der Waals surface area (Å²) in [4.78, 5) is 24.2. The van der Waals surface area contributed by atoms with Gasteiger partial charge in [0.1, 0.15) is 11.4 Å². The van der Waals surface area contributed by atoms with E-state index in [0.29, 0.717) is 6.61 Å². The number of benzene rings is 1. The van der Waals surface area contributed by atoms with Gasteiger partial charge in [-0.1, -0.05) is 25.4 Å². The van der Waals surface area contributed by atoms with Gasteiger partial charge < -0.3 is 15.2 Å². The quantitative estimate of drug-likeness (QED) is 0.862. The van der Waals surface area contributed by atoms with E-state index in [1.807, 2.05) is 6.92 Å². The molecule has 0 radical (unpaired) electrons. The van der Waals surface area contributed by atoms with Gasteiger partial charge in [0.15, 0.2) is 0 Å². The molecule has 7 heteroatoms. The molecule has 0 spiro atoms. The average Bonchev–Trinajstić information content (AvgIpc) is 2.48. The first-order valence-corrected chi connectivity index (χ1v) is 7.66. The predicted octanol–water partition coefficient (Wildman–Crippen LogP) is 2.87. The number of amides is 1. The van der Waals surface area contributed by atoms with Crippen LogP contribution in [0.15, 0.2) is 18.2 Å². The number of ether oxygens (including phenoxy) is 1. The Balaban J connectivity index is 2.26. The number of halogens is 2. The van der Waals surface area contributed by atoms with Crippen molar-refractivity contribution in [3.05, 3.63) is 34.6 Å². The maximum Gasteiger partial charge on any atom is 0.330 e. The van der Waals surface area contributed by atoms with Gasteiger partial charge in [-0.05, 0) is 25.1 Å². The summed E-state index contributed by atoms with van der Waals surface area (Å²) in [5, 5.41) is 12.0. The van der Waals surface area contributed by atoms with E-state index >= 15 is 0 Å². The third-order valence-corrected chi connectivity index (χ3v) is 4.93. The molecule has 0 bridgehead atoms. The van der Waals surface area contributed by atoms with Crippen LogP contribution in [0.1, 0.15) is 37.6 Å². The first-order valence-electron chi connectivity index (χ1n) is 7.28. The second-order valence-electron chi connectivity index (χ2n) is 6.16. The zero-order chi connectivity index (χ0) is 17.4. The zero-order valence-electron chi connectivity index (χ0n) is 13.2. The van der Waals surface area contributed by atoms with Crippen molar-refractivity contribution in [3.63, 3.8) is 0 Å². The molecule has 126 valence electrons. The van der Waals surface area contributed by atoms with Gasteiger partial charge in [-0.25, -0.2) is 9.18 Å². The highest BCUT2D eigenvalue weighted by Gasteiger charge is 2.66. The summed E-state index contributed by atoms with van der Waals surface area (Å²) >= 11 is 5.67. The molecule has 1 aromatic carbocycles. The molecule has 0 saturated heterocycles. The number of hydrogen-bond acceptors (Lipinski definition) is 3. The fourth-order valence-electron chi connectivity index (χ4n) is 2.94. The molecule has 1 aromatic rings. The van der Waals surface area contributed by atoms with E-state index in [2.05, 4.69) is 5.32 Å². The van der Waals surface area contributed by atoms with E-state index in [-0.39, 0.29) is 23.1 Å². The third kappa shape index (κ3) is 2.81. The maximum absolute atomic E-state index is 13.2. The van der Waals surface area contributed by atoms with Crippen LogP contribution in [-0.2, 0) is 9.53 Å². The molecule has 0 heterocycles. The monoisotopic (exact) mass is 343 g/mol.